The van der Waals surface area contributed by atoms with Crippen LogP contribution in [0.3, 0.4) is 0 Å². The fraction of sp³-hybridized carbons (Fsp3) is 0.222. The van der Waals surface area contributed by atoms with Gasteiger partial charge < -0.3 is 0 Å². The molecular formula is C9H11. The number of allylic oxidation sites excluding steroid dienone is 4. The Morgan fingerprint density at radius 1 is 1.78 bits per heavy atom. The average Bonchev–Trinajstić information content (AvgIpc) is 1.80. The second-order valence-corrected chi connectivity index (χ2v) is 1.92. The van der Waals surface area contributed by atoms with Crippen LogP contribution in [0.5, 0.6) is 0 Å². The van der Waals surface area contributed by atoms with Crippen molar-refractivity contribution in [2.24, 2.45) is 0 Å². The molecule has 0 saturated heterocycles. The first-order chi connectivity index (χ1) is 4.27. The van der Waals surface area contributed by atoms with E-state index in [2.05, 4.69) is 12.3 Å². The van der Waals surface area contributed by atoms with Gasteiger partial charge in [-0.25, -0.2) is 0 Å². The maximum atomic E-state index is 4.97. The molecule has 0 unspecified atom stereocenters. The van der Waals surface area contributed by atoms with E-state index < -0.39 is 0 Å². The van der Waals surface area contributed by atoms with Gasteiger partial charge in [0.2, 0.25) is 0 Å². The molecule has 0 nitrogen and oxygen atoms in total. The molecule has 0 bridgehead atoms. The zero-order chi connectivity index (χ0) is 7.11. The summed E-state index contributed by atoms with van der Waals surface area (Å²) in [6.45, 7) is 10.7. The van der Waals surface area contributed by atoms with Crippen molar-refractivity contribution in [3.63, 3.8) is 0 Å². The van der Waals surface area contributed by atoms with Gasteiger partial charge in [0.15, 0.2) is 0 Å². The minimum Gasteiger partial charge on any atom is -0.120 e. The lowest BCUT2D eigenvalue weighted by atomic mass is 10.2. The van der Waals surface area contributed by atoms with Crippen LogP contribution >= 0.6 is 0 Å². The van der Waals surface area contributed by atoms with Gasteiger partial charge in [0.25, 0.3) is 0 Å². The van der Waals surface area contributed by atoms with E-state index in [1.54, 1.807) is 6.08 Å². The molecule has 0 amide bonds. The molecule has 47 valence electrons. The first kappa shape index (κ1) is 8.00. The SMILES string of the molecule is [CH]=C=C/C=C\CC(=C)C. The highest BCUT2D eigenvalue weighted by Gasteiger charge is 1.74. The van der Waals surface area contributed by atoms with Crippen molar-refractivity contribution in [1.29, 1.82) is 0 Å². The van der Waals surface area contributed by atoms with Gasteiger partial charge in [-0.3, -0.25) is 0 Å². The zero-order valence-electron chi connectivity index (χ0n) is 5.72. The fourth-order valence-corrected chi connectivity index (χ4v) is 0.393. The predicted octanol–water partition coefficient (Wildman–Crippen LogP) is 2.65. The molecule has 0 aliphatic heterocycles. The molecule has 0 aromatic carbocycles. The summed E-state index contributed by atoms with van der Waals surface area (Å²) in [5.74, 6) is 0. The van der Waals surface area contributed by atoms with Crippen molar-refractivity contribution in [3.8, 4) is 0 Å². The molecule has 0 aromatic rings. The Labute approximate surface area is 56.9 Å². The minimum atomic E-state index is 0.915. The van der Waals surface area contributed by atoms with Crippen LogP contribution in [0.15, 0.2) is 36.1 Å². The number of hydrogen-bond donors (Lipinski definition) is 0. The van der Waals surface area contributed by atoms with Crippen molar-refractivity contribution in [3.05, 3.63) is 42.7 Å². The second kappa shape index (κ2) is 5.14. The van der Waals surface area contributed by atoms with E-state index in [9.17, 15) is 0 Å². The van der Waals surface area contributed by atoms with E-state index in [0.29, 0.717) is 0 Å². The highest BCUT2D eigenvalue weighted by molar-refractivity contribution is 5.05. The predicted molar refractivity (Wildman–Crippen MR) is 41.0 cm³/mol. The summed E-state index contributed by atoms with van der Waals surface area (Å²) in [6.07, 6.45) is 6.43. The van der Waals surface area contributed by atoms with Gasteiger partial charge in [-0.05, 0) is 26.0 Å². The lowest BCUT2D eigenvalue weighted by Gasteiger charge is -1.85. The molecule has 1 radical (unpaired) electrons. The molecule has 0 rings (SSSR count). The molecule has 0 spiro atoms. The van der Waals surface area contributed by atoms with E-state index in [-0.39, 0.29) is 0 Å². The van der Waals surface area contributed by atoms with Gasteiger partial charge in [0, 0.05) is 0 Å². The van der Waals surface area contributed by atoms with E-state index in [1.165, 1.54) is 0 Å². The Hall–Kier alpha value is -1.00. The van der Waals surface area contributed by atoms with Gasteiger partial charge in [-0.1, -0.05) is 24.3 Å². The van der Waals surface area contributed by atoms with Gasteiger partial charge in [-0.15, -0.1) is 5.73 Å². The summed E-state index contributed by atoms with van der Waals surface area (Å²) in [6, 6.07) is 0. The monoisotopic (exact) mass is 119 g/mol. The van der Waals surface area contributed by atoms with E-state index >= 15 is 0 Å². The molecule has 0 aliphatic rings. The van der Waals surface area contributed by atoms with Crippen molar-refractivity contribution >= 4 is 0 Å². The summed E-state index contributed by atoms with van der Waals surface area (Å²) < 4.78 is 0. The third-order valence-corrected chi connectivity index (χ3v) is 0.795. The quantitative estimate of drug-likeness (QED) is 0.304. The van der Waals surface area contributed by atoms with Crippen molar-refractivity contribution in [2.45, 2.75) is 13.3 Å². The van der Waals surface area contributed by atoms with Gasteiger partial charge in [0.1, 0.15) is 0 Å². The van der Waals surface area contributed by atoms with Crippen LogP contribution in [0.2, 0.25) is 0 Å². The molecule has 0 heteroatoms. The molecule has 0 aliphatic carbocycles. The minimum absolute atomic E-state index is 0.915. The highest BCUT2D eigenvalue weighted by atomic mass is 13.8. The second-order valence-electron chi connectivity index (χ2n) is 1.92. The van der Waals surface area contributed by atoms with Crippen LogP contribution in [-0.4, -0.2) is 0 Å². The summed E-state index contributed by atoms with van der Waals surface area (Å²) in [5.41, 5.74) is 3.55. The van der Waals surface area contributed by atoms with E-state index in [4.69, 9.17) is 6.58 Å². The Morgan fingerprint density at radius 2 is 2.44 bits per heavy atom. The Bertz CT molecular complexity index is 155. The summed E-state index contributed by atoms with van der Waals surface area (Å²) in [7, 11) is 0. The smallest absolute Gasteiger partial charge is 0.0123 e. The van der Waals surface area contributed by atoms with Gasteiger partial charge in [-0.2, -0.15) is 0 Å². The first-order valence-corrected chi connectivity index (χ1v) is 2.86. The summed E-state index contributed by atoms with van der Waals surface area (Å²) >= 11 is 0. The van der Waals surface area contributed by atoms with Crippen molar-refractivity contribution in [2.75, 3.05) is 0 Å². The Balaban J connectivity index is 3.48. The third-order valence-electron chi connectivity index (χ3n) is 0.795. The molecule has 0 saturated carbocycles. The molecule has 0 heterocycles. The standard InChI is InChI=1S/C9H11/c1-4-5-6-7-8-9(2)3/h1,5-7H,2,8H2,3H3/b7-6-. The van der Waals surface area contributed by atoms with Crippen LogP contribution in [-0.2, 0) is 0 Å². The highest BCUT2D eigenvalue weighted by Crippen LogP contribution is 1.95. The molecule has 0 atom stereocenters. The molecule has 9 heavy (non-hydrogen) atoms. The van der Waals surface area contributed by atoms with Crippen molar-refractivity contribution < 1.29 is 0 Å². The summed E-state index contributed by atoms with van der Waals surface area (Å²) in [5, 5.41) is 0. The molecule has 0 fully saturated rings. The van der Waals surface area contributed by atoms with Crippen LogP contribution in [0.4, 0.5) is 0 Å². The van der Waals surface area contributed by atoms with E-state index in [0.717, 1.165) is 12.0 Å². The van der Waals surface area contributed by atoms with Crippen LogP contribution in [0.25, 0.3) is 0 Å². The lowest BCUT2D eigenvalue weighted by Crippen LogP contribution is -1.64. The van der Waals surface area contributed by atoms with Gasteiger partial charge >= 0.3 is 0 Å². The normalized spacial score (nSPS) is 9.00. The number of rotatable bonds is 3. The zero-order valence-corrected chi connectivity index (χ0v) is 5.72. The average molecular weight is 119 g/mol. The summed E-state index contributed by atoms with van der Waals surface area (Å²) in [4.78, 5) is 0. The van der Waals surface area contributed by atoms with Crippen LogP contribution in [0.1, 0.15) is 13.3 Å². The Kier molecular flexibility index (Phi) is 4.57. The van der Waals surface area contributed by atoms with Crippen LogP contribution in [0, 0.1) is 6.58 Å². The maximum absolute atomic E-state index is 4.97. The Morgan fingerprint density at radius 3 is 2.89 bits per heavy atom. The maximum Gasteiger partial charge on any atom is -0.0123 e. The van der Waals surface area contributed by atoms with Crippen molar-refractivity contribution in [1.82, 2.24) is 0 Å². The molecule has 0 N–H and O–H groups in total. The fourth-order valence-electron chi connectivity index (χ4n) is 0.393. The van der Waals surface area contributed by atoms with Crippen LogP contribution < -0.4 is 0 Å². The third kappa shape index (κ3) is 7.00. The van der Waals surface area contributed by atoms with E-state index in [1.807, 2.05) is 19.1 Å². The molecular weight excluding hydrogens is 108 g/mol. The number of hydrogen-bond acceptors (Lipinski definition) is 0. The van der Waals surface area contributed by atoms with Gasteiger partial charge in [0.05, 0.1) is 0 Å². The topological polar surface area (TPSA) is 0 Å². The first-order valence-electron chi connectivity index (χ1n) is 2.86. The largest absolute Gasteiger partial charge is 0.120 e. The molecule has 0 aromatic heterocycles. The lowest BCUT2D eigenvalue weighted by molar-refractivity contribution is 1.23.